The van der Waals surface area contributed by atoms with E-state index in [1.165, 1.54) is 33.5 Å². The largest absolute Gasteiger partial charge is 0.512 e. The van der Waals surface area contributed by atoms with E-state index in [9.17, 15) is 34.8 Å². The van der Waals surface area contributed by atoms with Gasteiger partial charge in [-0.3, -0.25) is 4.79 Å². The van der Waals surface area contributed by atoms with Gasteiger partial charge in [0.25, 0.3) is 0 Å². The number of nitrogens with zero attached hydrogens (tertiary/aromatic N) is 1. The van der Waals surface area contributed by atoms with Gasteiger partial charge in [0.2, 0.25) is 0 Å². The minimum absolute atomic E-state index is 0.0152. The molecule has 0 spiro atoms. The van der Waals surface area contributed by atoms with Crippen LogP contribution in [0.2, 0.25) is 0 Å². The summed E-state index contributed by atoms with van der Waals surface area (Å²) in [7, 11) is 7.59. The van der Waals surface area contributed by atoms with E-state index in [4.69, 9.17) is 37.9 Å². The van der Waals surface area contributed by atoms with Gasteiger partial charge in [-0.2, -0.15) is 0 Å². The molecule has 3 aliphatic rings. The predicted octanol–water partition coefficient (Wildman–Crippen LogP) is 2.78. The number of hydrogen-bond acceptors (Lipinski definition) is 16. The molecule has 16 atom stereocenters. The Balaban J connectivity index is 2.06. The fourth-order valence-electron chi connectivity index (χ4n) is 7.83. The smallest absolute Gasteiger partial charge is 0.334 e. The van der Waals surface area contributed by atoms with Crippen LogP contribution >= 0.6 is 0 Å². The topological polar surface area (TPSA) is 209 Å². The zero-order valence-electron chi connectivity index (χ0n) is 35.8. The van der Waals surface area contributed by atoms with Gasteiger partial charge in [0.05, 0.1) is 50.3 Å². The molecule has 3 rings (SSSR count). The van der Waals surface area contributed by atoms with Crippen molar-refractivity contribution in [1.82, 2.24) is 4.90 Å². The molecule has 16 heteroatoms. The Labute approximate surface area is 342 Å². The number of likely N-dealkylation sites (N-methyl/N-ethyl adjacent to an activating group) is 1. The van der Waals surface area contributed by atoms with E-state index in [2.05, 4.69) is 0 Å². The summed E-state index contributed by atoms with van der Waals surface area (Å²) < 4.78 is 46.6. The molecule has 4 N–H and O–H groups in total. The molecule has 0 aromatic heterocycles. The molecule has 0 aliphatic carbocycles. The number of esters is 2. The van der Waals surface area contributed by atoms with Crippen molar-refractivity contribution in [2.75, 3.05) is 42.0 Å². The summed E-state index contributed by atoms with van der Waals surface area (Å²) in [5.41, 5.74) is 0.683. The lowest BCUT2D eigenvalue weighted by molar-refractivity contribution is -0.304. The molecular weight excluding hydrogens is 758 g/mol. The van der Waals surface area contributed by atoms with Crippen LogP contribution in [-0.4, -0.2) is 159 Å². The number of aliphatic hydroxyl groups is 4. The number of rotatable bonds is 12. The van der Waals surface area contributed by atoms with Gasteiger partial charge < -0.3 is 63.2 Å². The van der Waals surface area contributed by atoms with Crippen molar-refractivity contribution in [2.24, 2.45) is 23.7 Å². The number of allylic oxidation sites excluding steroid dienone is 4. The molecule has 3 aliphatic heterocycles. The van der Waals surface area contributed by atoms with Crippen molar-refractivity contribution < 1.29 is 72.7 Å². The second kappa shape index (κ2) is 23.1. The Morgan fingerprint density at radius 3 is 2.16 bits per heavy atom. The molecular formula is C42H67NO15. The van der Waals surface area contributed by atoms with E-state index in [1.54, 1.807) is 65.8 Å². The summed E-state index contributed by atoms with van der Waals surface area (Å²) in [4.78, 5) is 41.1. The zero-order valence-corrected chi connectivity index (χ0v) is 35.8. The fourth-order valence-corrected chi connectivity index (χ4v) is 7.83. The molecule has 0 bridgehead atoms. The maximum Gasteiger partial charge on any atom is 0.334 e. The van der Waals surface area contributed by atoms with E-state index in [0.717, 1.165) is 6.08 Å². The summed E-state index contributed by atoms with van der Waals surface area (Å²) >= 11 is 0. The third-order valence-corrected chi connectivity index (χ3v) is 11.3. The van der Waals surface area contributed by atoms with Gasteiger partial charge in [-0.15, -0.1) is 0 Å². The number of cyclic esters (lactones) is 1. The normalized spacial score (nSPS) is 41.0. The lowest BCUT2D eigenvalue weighted by Crippen LogP contribution is -2.63. The van der Waals surface area contributed by atoms with Crippen LogP contribution in [0.1, 0.15) is 60.8 Å². The number of ketones is 1. The van der Waals surface area contributed by atoms with E-state index in [-0.39, 0.29) is 25.2 Å². The van der Waals surface area contributed by atoms with Gasteiger partial charge in [-0.1, -0.05) is 44.6 Å². The Kier molecular flexibility index (Phi) is 19.6. The third-order valence-electron chi connectivity index (χ3n) is 11.3. The molecule has 0 aromatic carbocycles. The molecule has 16 nitrogen and oxygen atoms in total. The second-order valence-electron chi connectivity index (χ2n) is 15.8. The van der Waals surface area contributed by atoms with Crippen molar-refractivity contribution in [1.29, 1.82) is 0 Å². The monoisotopic (exact) mass is 825 g/mol. The summed E-state index contributed by atoms with van der Waals surface area (Å²) in [6.07, 6.45) is -0.674. The Hall–Kier alpha value is -3.03. The molecule has 330 valence electrons. The number of carbonyl (C=O) groups excluding carboxylic acids is 3. The molecule has 0 aromatic rings. The van der Waals surface area contributed by atoms with Gasteiger partial charge in [0.15, 0.2) is 18.4 Å². The number of aliphatic hydroxyl groups excluding tert-OH is 4. The molecule has 0 radical (unpaired) electrons. The molecule has 2 fully saturated rings. The number of hydrogen-bond donors (Lipinski definition) is 4. The van der Waals surface area contributed by atoms with Crippen LogP contribution in [-0.2, 0) is 52.3 Å². The molecule has 58 heavy (non-hydrogen) atoms. The Bertz CT molecular complexity index is 1460. The number of carbonyl (C=O) groups is 3. The van der Waals surface area contributed by atoms with Crippen LogP contribution in [0.5, 0.6) is 0 Å². The van der Waals surface area contributed by atoms with E-state index < -0.39 is 115 Å². The molecule has 3 heterocycles. The molecule has 10 unspecified atom stereocenters. The van der Waals surface area contributed by atoms with Crippen LogP contribution in [0.3, 0.4) is 0 Å². The highest BCUT2D eigenvalue weighted by atomic mass is 16.7. The third kappa shape index (κ3) is 13.0. The highest BCUT2D eigenvalue weighted by molar-refractivity contribution is 5.91. The first-order chi connectivity index (χ1) is 27.4. The maximum absolute atomic E-state index is 13.7. The Morgan fingerprint density at radius 2 is 1.55 bits per heavy atom. The molecule has 0 amide bonds. The van der Waals surface area contributed by atoms with Gasteiger partial charge in [0, 0.05) is 38.0 Å². The van der Waals surface area contributed by atoms with E-state index in [1.807, 2.05) is 13.0 Å². The van der Waals surface area contributed by atoms with Crippen molar-refractivity contribution in [3.05, 3.63) is 47.8 Å². The van der Waals surface area contributed by atoms with E-state index in [0.29, 0.717) is 12.0 Å². The van der Waals surface area contributed by atoms with Crippen LogP contribution in [0.25, 0.3) is 0 Å². The van der Waals surface area contributed by atoms with Crippen molar-refractivity contribution >= 4 is 17.7 Å². The SMILES string of the molecule is CC[C@H]1OC(=O)/C=C(/O)[C@H](C)[C@@H](OC2OC(C)C(O)C(N(C)C)C2O)[C@@H](C/C=C/C(=O)OC)C[C@@H](C)C(=O)/C=C/C(C)=C/[C@@H]1COC1OC(C)C(O)C(OC)C1OC. The van der Waals surface area contributed by atoms with Gasteiger partial charge >= 0.3 is 11.9 Å². The maximum atomic E-state index is 13.7. The zero-order chi connectivity index (χ0) is 43.4. The van der Waals surface area contributed by atoms with Crippen molar-refractivity contribution in [2.45, 2.75) is 134 Å². The highest BCUT2D eigenvalue weighted by Crippen LogP contribution is 2.35. The second-order valence-corrected chi connectivity index (χ2v) is 15.8. The fraction of sp³-hybridized carbons (Fsp3) is 0.738. The number of ether oxygens (including phenoxy) is 8. The first kappa shape index (κ1) is 49.3. The molecule has 0 saturated carbocycles. The van der Waals surface area contributed by atoms with Gasteiger partial charge in [-0.05, 0) is 66.1 Å². The summed E-state index contributed by atoms with van der Waals surface area (Å²) in [6, 6.07) is -0.765. The lowest BCUT2D eigenvalue weighted by Gasteiger charge is -2.46. The Morgan fingerprint density at radius 1 is 0.914 bits per heavy atom. The standard InChI is InChI=1S/C42H67NO15/c1-12-31-28(21-54-42-40(53-11)39(52-10)36(49)26(6)56-42)18-22(2)16-17-29(44)23(3)19-27(14-13-15-32(46)51-9)38(24(4)30(45)20-33(47)57-31)58-41-37(50)34(43(7)8)35(48)25(5)55-41/h13,15-18,20,23-28,31,34-42,45,48-50H,12,14,19,21H2,1-11H3/b15-13+,17-16+,22-18+,30-20+/t23-,24+,25?,26?,27+,28-,31-,34?,35?,36?,37?,38-,39?,40?,41?,42?/m1/s1. The van der Waals surface area contributed by atoms with Crippen LogP contribution in [0.15, 0.2) is 47.8 Å². The van der Waals surface area contributed by atoms with Gasteiger partial charge in [0.1, 0.15) is 36.3 Å². The van der Waals surface area contributed by atoms with Crippen molar-refractivity contribution in [3.63, 3.8) is 0 Å². The molecule has 2 saturated heterocycles. The number of methoxy groups -OCH3 is 3. The minimum atomic E-state index is -1.33. The highest BCUT2D eigenvalue weighted by Gasteiger charge is 2.48. The van der Waals surface area contributed by atoms with Gasteiger partial charge in [-0.25, -0.2) is 9.59 Å². The first-order valence-electron chi connectivity index (χ1n) is 20.0. The van der Waals surface area contributed by atoms with Crippen LogP contribution < -0.4 is 0 Å². The van der Waals surface area contributed by atoms with Crippen LogP contribution in [0, 0.1) is 23.7 Å². The van der Waals surface area contributed by atoms with E-state index >= 15 is 0 Å². The summed E-state index contributed by atoms with van der Waals surface area (Å²) in [5.74, 6) is -4.69. The average Bonchev–Trinajstić information content (AvgIpc) is 3.18. The average molecular weight is 826 g/mol. The summed E-state index contributed by atoms with van der Waals surface area (Å²) in [6.45, 7) is 10.4. The summed E-state index contributed by atoms with van der Waals surface area (Å²) in [5, 5.41) is 44.5. The minimum Gasteiger partial charge on any atom is -0.512 e. The first-order valence-corrected chi connectivity index (χ1v) is 20.0. The predicted molar refractivity (Wildman–Crippen MR) is 211 cm³/mol. The lowest BCUT2D eigenvalue weighted by atomic mass is 9.81. The van der Waals surface area contributed by atoms with Crippen molar-refractivity contribution in [3.8, 4) is 0 Å². The van der Waals surface area contributed by atoms with Crippen LogP contribution in [0.4, 0.5) is 0 Å². The quantitative estimate of drug-likeness (QED) is 0.165.